The summed E-state index contributed by atoms with van der Waals surface area (Å²) in [6.07, 6.45) is 0. The number of hydrogen-bond acceptors (Lipinski definition) is 0. The first kappa shape index (κ1) is 10.1. The highest BCUT2D eigenvalue weighted by Gasteiger charge is 2.16. The summed E-state index contributed by atoms with van der Waals surface area (Å²) in [5.74, 6) is 0. The SMILES string of the molecule is CC(C)(C)c1ccc(Cl)cc1Br. The minimum absolute atomic E-state index is 0.170. The molecule has 0 aliphatic rings. The highest BCUT2D eigenvalue weighted by atomic mass is 79.9. The fourth-order valence-electron chi connectivity index (χ4n) is 1.10. The van der Waals surface area contributed by atoms with Crippen LogP contribution < -0.4 is 0 Å². The van der Waals surface area contributed by atoms with Gasteiger partial charge in [-0.15, -0.1) is 0 Å². The number of hydrogen-bond donors (Lipinski definition) is 0. The predicted octanol–water partition coefficient (Wildman–Crippen LogP) is 4.40. The van der Waals surface area contributed by atoms with Crippen LogP contribution >= 0.6 is 27.5 Å². The van der Waals surface area contributed by atoms with Crippen LogP contribution in [-0.2, 0) is 5.41 Å². The Labute approximate surface area is 87.1 Å². The molecule has 0 aliphatic carbocycles. The van der Waals surface area contributed by atoms with Gasteiger partial charge in [-0.3, -0.25) is 0 Å². The van der Waals surface area contributed by atoms with Gasteiger partial charge < -0.3 is 0 Å². The van der Waals surface area contributed by atoms with E-state index in [9.17, 15) is 0 Å². The topological polar surface area (TPSA) is 0 Å². The monoisotopic (exact) mass is 246 g/mol. The molecule has 0 radical (unpaired) electrons. The maximum Gasteiger partial charge on any atom is 0.0417 e. The van der Waals surface area contributed by atoms with Crippen LogP contribution in [0.2, 0.25) is 5.02 Å². The van der Waals surface area contributed by atoms with Gasteiger partial charge >= 0.3 is 0 Å². The van der Waals surface area contributed by atoms with E-state index in [0.717, 1.165) is 9.50 Å². The van der Waals surface area contributed by atoms with E-state index < -0.39 is 0 Å². The molecule has 0 aromatic heterocycles. The third-order valence-corrected chi connectivity index (χ3v) is 2.63. The van der Waals surface area contributed by atoms with Crippen molar-refractivity contribution in [2.45, 2.75) is 26.2 Å². The van der Waals surface area contributed by atoms with Crippen molar-refractivity contribution in [1.29, 1.82) is 0 Å². The molecular weight excluding hydrogens is 235 g/mol. The first-order chi connectivity index (χ1) is 5.41. The highest BCUT2D eigenvalue weighted by molar-refractivity contribution is 9.10. The molecule has 1 rings (SSSR count). The van der Waals surface area contributed by atoms with Crippen LogP contribution in [0.3, 0.4) is 0 Å². The molecule has 12 heavy (non-hydrogen) atoms. The molecule has 0 unspecified atom stereocenters. The standard InChI is InChI=1S/C10H12BrCl/c1-10(2,3)8-5-4-7(12)6-9(8)11/h4-6H,1-3H3. The van der Waals surface area contributed by atoms with E-state index >= 15 is 0 Å². The number of halogens is 2. The predicted molar refractivity (Wildman–Crippen MR) is 57.9 cm³/mol. The smallest absolute Gasteiger partial charge is 0.0417 e. The minimum Gasteiger partial charge on any atom is -0.0843 e. The van der Waals surface area contributed by atoms with E-state index in [4.69, 9.17) is 11.6 Å². The Bertz CT molecular complexity index is 286. The van der Waals surface area contributed by atoms with Gasteiger partial charge in [-0.25, -0.2) is 0 Å². The van der Waals surface area contributed by atoms with E-state index in [2.05, 4.69) is 42.8 Å². The van der Waals surface area contributed by atoms with Crippen molar-refractivity contribution in [3.63, 3.8) is 0 Å². The summed E-state index contributed by atoms with van der Waals surface area (Å²) in [5, 5.41) is 0.773. The molecule has 0 amide bonds. The summed E-state index contributed by atoms with van der Waals surface area (Å²) in [5.41, 5.74) is 1.45. The largest absolute Gasteiger partial charge is 0.0843 e. The summed E-state index contributed by atoms with van der Waals surface area (Å²) >= 11 is 9.34. The molecule has 0 aliphatic heterocycles. The minimum atomic E-state index is 0.170. The Morgan fingerprint density at radius 1 is 1.25 bits per heavy atom. The normalized spacial score (nSPS) is 11.8. The maximum absolute atomic E-state index is 5.84. The van der Waals surface area contributed by atoms with Gasteiger partial charge in [0.25, 0.3) is 0 Å². The summed E-state index contributed by atoms with van der Waals surface area (Å²) in [7, 11) is 0. The van der Waals surface area contributed by atoms with Crippen molar-refractivity contribution in [1.82, 2.24) is 0 Å². The molecular formula is C10H12BrCl. The van der Waals surface area contributed by atoms with Gasteiger partial charge in [0.2, 0.25) is 0 Å². The molecule has 2 heteroatoms. The molecule has 1 aromatic carbocycles. The second kappa shape index (κ2) is 3.39. The van der Waals surface area contributed by atoms with E-state index in [1.165, 1.54) is 5.56 Å². The zero-order chi connectivity index (χ0) is 9.35. The van der Waals surface area contributed by atoms with Crippen LogP contribution in [0.15, 0.2) is 22.7 Å². The van der Waals surface area contributed by atoms with Gasteiger partial charge in [0.15, 0.2) is 0 Å². The Kier molecular flexibility index (Phi) is 2.84. The van der Waals surface area contributed by atoms with Crippen molar-refractivity contribution in [2.75, 3.05) is 0 Å². The van der Waals surface area contributed by atoms with Gasteiger partial charge in [-0.05, 0) is 23.1 Å². The van der Waals surface area contributed by atoms with Crippen molar-refractivity contribution < 1.29 is 0 Å². The summed E-state index contributed by atoms with van der Waals surface area (Å²) in [4.78, 5) is 0. The van der Waals surface area contributed by atoms with Gasteiger partial charge in [0, 0.05) is 9.50 Å². The lowest BCUT2D eigenvalue weighted by molar-refractivity contribution is 0.587. The molecule has 0 fully saturated rings. The average molecular weight is 248 g/mol. The van der Waals surface area contributed by atoms with E-state index in [1.54, 1.807) is 0 Å². The second-order valence-corrected chi connectivity index (χ2v) is 5.16. The molecule has 0 nitrogen and oxygen atoms in total. The Morgan fingerprint density at radius 3 is 2.25 bits per heavy atom. The Hall–Kier alpha value is -0.0100. The fourth-order valence-corrected chi connectivity index (χ4v) is 2.38. The number of benzene rings is 1. The van der Waals surface area contributed by atoms with Crippen LogP contribution in [0, 0.1) is 0 Å². The van der Waals surface area contributed by atoms with E-state index in [1.807, 2.05) is 12.1 Å². The maximum atomic E-state index is 5.84. The van der Waals surface area contributed by atoms with Crippen LogP contribution in [-0.4, -0.2) is 0 Å². The average Bonchev–Trinajstić information content (AvgIpc) is 1.83. The van der Waals surface area contributed by atoms with Gasteiger partial charge in [0.05, 0.1) is 0 Å². The third-order valence-electron chi connectivity index (χ3n) is 1.74. The number of rotatable bonds is 0. The molecule has 0 saturated carbocycles. The van der Waals surface area contributed by atoms with Crippen molar-refractivity contribution in [3.05, 3.63) is 33.3 Å². The van der Waals surface area contributed by atoms with Crippen molar-refractivity contribution >= 4 is 27.5 Å². The van der Waals surface area contributed by atoms with Crippen LogP contribution in [0.25, 0.3) is 0 Å². The quantitative estimate of drug-likeness (QED) is 0.637. The summed E-state index contributed by atoms with van der Waals surface area (Å²) < 4.78 is 1.09. The molecule has 0 atom stereocenters. The van der Waals surface area contributed by atoms with Gasteiger partial charge in [0.1, 0.15) is 0 Å². The first-order valence-corrected chi connectivity index (χ1v) is 5.04. The van der Waals surface area contributed by atoms with E-state index in [0.29, 0.717) is 0 Å². The Morgan fingerprint density at radius 2 is 1.83 bits per heavy atom. The van der Waals surface area contributed by atoms with Crippen molar-refractivity contribution in [3.8, 4) is 0 Å². The summed E-state index contributed by atoms with van der Waals surface area (Å²) in [6.45, 7) is 6.54. The molecule has 0 spiro atoms. The Balaban J connectivity index is 3.19. The van der Waals surface area contributed by atoms with E-state index in [-0.39, 0.29) is 5.41 Å². The fraction of sp³-hybridized carbons (Fsp3) is 0.400. The van der Waals surface area contributed by atoms with Crippen LogP contribution in [0.1, 0.15) is 26.3 Å². The zero-order valence-electron chi connectivity index (χ0n) is 7.49. The second-order valence-electron chi connectivity index (χ2n) is 3.87. The van der Waals surface area contributed by atoms with Crippen LogP contribution in [0.5, 0.6) is 0 Å². The first-order valence-electron chi connectivity index (χ1n) is 3.87. The summed E-state index contributed by atoms with van der Waals surface area (Å²) in [6, 6.07) is 5.92. The molecule has 1 aromatic rings. The molecule has 0 heterocycles. The molecule has 0 bridgehead atoms. The highest BCUT2D eigenvalue weighted by Crippen LogP contribution is 2.31. The lowest BCUT2D eigenvalue weighted by Gasteiger charge is -2.20. The lowest BCUT2D eigenvalue weighted by Crippen LogP contribution is -2.11. The van der Waals surface area contributed by atoms with Gasteiger partial charge in [-0.1, -0.05) is 54.4 Å². The zero-order valence-corrected chi connectivity index (χ0v) is 9.83. The van der Waals surface area contributed by atoms with Crippen LogP contribution in [0.4, 0.5) is 0 Å². The third kappa shape index (κ3) is 2.24. The molecule has 0 saturated heterocycles. The van der Waals surface area contributed by atoms with Gasteiger partial charge in [-0.2, -0.15) is 0 Å². The molecule has 0 N–H and O–H groups in total. The lowest BCUT2D eigenvalue weighted by atomic mass is 9.87. The molecule has 66 valence electrons. The van der Waals surface area contributed by atoms with Crippen molar-refractivity contribution in [2.24, 2.45) is 0 Å².